The third kappa shape index (κ3) is 1.94. The minimum Gasteiger partial charge on any atom is -0.350 e. The lowest BCUT2D eigenvalue weighted by molar-refractivity contribution is 0.0971. The molecule has 0 spiro atoms. The number of nitrogens with zero attached hydrogens (tertiary/aromatic N) is 1. The topological polar surface area (TPSA) is 22.0 Å². The van der Waals surface area contributed by atoms with Gasteiger partial charge in [0.05, 0.1) is 0 Å². The van der Waals surface area contributed by atoms with Crippen molar-refractivity contribution in [3.63, 3.8) is 0 Å². The zero-order chi connectivity index (χ0) is 11.9. The van der Waals surface area contributed by atoms with Crippen LogP contribution in [0.3, 0.4) is 0 Å². The first-order valence-corrected chi connectivity index (χ1v) is 6.95. The summed E-state index contributed by atoms with van der Waals surface area (Å²) >= 11 is 0. The zero-order valence-corrected chi connectivity index (χ0v) is 10.7. The fourth-order valence-electron chi connectivity index (χ4n) is 3.29. The zero-order valence-electron chi connectivity index (χ0n) is 10.7. The molecule has 2 nitrogen and oxygen atoms in total. The van der Waals surface area contributed by atoms with Gasteiger partial charge in [-0.15, -0.1) is 0 Å². The van der Waals surface area contributed by atoms with E-state index in [4.69, 9.17) is 0 Å². The van der Waals surface area contributed by atoms with Gasteiger partial charge in [0.25, 0.3) is 0 Å². The van der Waals surface area contributed by atoms with Crippen molar-refractivity contribution < 1.29 is 4.79 Å². The van der Waals surface area contributed by atoms with Gasteiger partial charge in [-0.3, -0.25) is 4.79 Å². The Kier molecular flexibility index (Phi) is 2.61. The summed E-state index contributed by atoms with van der Waals surface area (Å²) in [5.74, 6) is 0.352. The van der Waals surface area contributed by atoms with Crippen LogP contribution in [0.15, 0.2) is 12.3 Å². The molecule has 2 aliphatic carbocycles. The van der Waals surface area contributed by atoms with Crippen molar-refractivity contribution in [2.24, 2.45) is 5.41 Å². The number of carbonyl (C=O) groups excluding carboxylic acids is 1. The molecule has 3 rings (SSSR count). The molecule has 92 valence electrons. The first-order valence-electron chi connectivity index (χ1n) is 6.95. The van der Waals surface area contributed by atoms with Crippen LogP contribution in [0.5, 0.6) is 0 Å². The molecule has 0 radical (unpaired) electrons. The summed E-state index contributed by atoms with van der Waals surface area (Å²) in [5, 5.41) is 0. The van der Waals surface area contributed by atoms with Crippen molar-refractivity contribution in [3.8, 4) is 0 Å². The van der Waals surface area contributed by atoms with Crippen molar-refractivity contribution >= 4 is 5.78 Å². The number of ketones is 1. The molecule has 0 amide bonds. The lowest BCUT2D eigenvalue weighted by Gasteiger charge is -2.20. The van der Waals surface area contributed by atoms with Gasteiger partial charge in [-0.2, -0.15) is 0 Å². The second kappa shape index (κ2) is 4.01. The monoisotopic (exact) mass is 231 g/mol. The van der Waals surface area contributed by atoms with Crippen LogP contribution in [0.2, 0.25) is 0 Å². The Morgan fingerprint density at radius 3 is 2.88 bits per heavy atom. The molecule has 0 aromatic carbocycles. The van der Waals surface area contributed by atoms with E-state index >= 15 is 0 Å². The van der Waals surface area contributed by atoms with Crippen LogP contribution in [-0.2, 0) is 13.0 Å². The summed E-state index contributed by atoms with van der Waals surface area (Å²) in [6, 6.07) is 2.04. The maximum Gasteiger partial charge on any atom is 0.164 e. The second-order valence-corrected chi connectivity index (χ2v) is 5.83. The number of hydrogen-bond acceptors (Lipinski definition) is 1. The van der Waals surface area contributed by atoms with Crippen LogP contribution in [0.25, 0.3) is 0 Å². The number of Topliss-reactive ketones (excluding diaryl/α,β-unsaturated/α-hetero) is 1. The van der Waals surface area contributed by atoms with E-state index in [2.05, 4.69) is 17.7 Å². The molecule has 1 fully saturated rings. The van der Waals surface area contributed by atoms with Crippen LogP contribution in [0.4, 0.5) is 0 Å². The van der Waals surface area contributed by atoms with Gasteiger partial charge in [-0.05, 0) is 43.6 Å². The average molecular weight is 231 g/mol. The smallest absolute Gasteiger partial charge is 0.164 e. The van der Waals surface area contributed by atoms with E-state index in [1.54, 1.807) is 0 Å². The van der Waals surface area contributed by atoms with E-state index in [9.17, 15) is 4.79 Å². The van der Waals surface area contributed by atoms with Gasteiger partial charge in [0.15, 0.2) is 5.78 Å². The summed E-state index contributed by atoms with van der Waals surface area (Å²) in [4.78, 5) is 11.8. The highest BCUT2D eigenvalue weighted by molar-refractivity contribution is 5.98. The average Bonchev–Trinajstić information content (AvgIpc) is 2.93. The molecule has 2 heteroatoms. The summed E-state index contributed by atoms with van der Waals surface area (Å²) < 4.78 is 2.37. The van der Waals surface area contributed by atoms with E-state index in [0.29, 0.717) is 11.2 Å². The third-order valence-corrected chi connectivity index (χ3v) is 4.44. The molecule has 0 aliphatic heterocycles. The van der Waals surface area contributed by atoms with E-state index in [0.717, 1.165) is 31.4 Å². The lowest BCUT2D eigenvalue weighted by Crippen LogP contribution is -2.17. The Labute approximate surface area is 103 Å². The van der Waals surface area contributed by atoms with Crippen molar-refractivity contribution in [2.75, 3.05) is 0 Å². The minimum absolute atomic E-state index is 0.352. The number of aromatic nitrogens is 1. The minimum atomic E-state index is 0.352. The van der Waals surface area contributed by atoms with Crippen LogP contribution in [0, 0.1) is 5.41 Å². The summed E-state index contributed by atoms with van der Waals surface area (Å²) in [7, 11) is 0. The first kappa shape index (κ1) is 11.1. The maximum atomic E-state index is 11.8. The molecule has 0 N–H and O–H groups in total. The van der Waals surface area contributed by atoms with Crippen LogP contribution in [-0.4, -0.2) is 10.4 Å². The summed E-state index contributed by atoms with van der Waals surface area (Å²) in [5.41, 5.74) is 2.88. The molecule has 1 aromatic heterocycles. The Morgan fingerprint density at radius 1 is 1.35 bits per heavy atom. The van der Waals surface area contributed by atoms with Gasteiger partial charge in [-0.25, -0.2) is 0 Å². The van der Waals surface area contributed by atoms with Gasteiger partial charge in [-0.1, -0.05) is 13.3 Å². The van der Waals surface area contributed by atoms with Crippen molar-refractivity contribution in [1.82, 2.24) is 4.57 Å². The molecular weight excluding hydrogens is 210 g/mol. The second-order valence-electron chi connectivity index (χ2n) is 5.83. The molecular formula is C15H21NO. The van der Waals surface area contributed by atoms with Crippen LogP contribution in [0.1, 0.15) is 61.5 Å². The summed E-state index contributed by atoms with van der Waals surface area (Å²) in [6.45, 7) is 3.41. The Balaban J connectivity index is 1.82. The third-order valence-electron chi connectivity index (χ3n) is 4.44. The number of carbonyl (C=O) groups is 1. The maximum absolute atomic E-state index is 11.8. The molecule has 1 heterocycles. The van der Waals surface area contributed by atoms with Gasteiger partial charge in [0.1, 0.15) is 0 Å². The summed E-state index contributed by atoms with van der Waals surface area (Å²) in [6.07, 6.45) is 10.4. The first-order chi connectivity index (χ1) is 8.24. The normalized spacial score (nSPS) is 21.4. The highest BCUT2D eigenvalue weighted by Crippen LogP contribution is 2.51. The molecule has 0 unspecified atom stereocenters. The molecule has 1 saturated carbocycles. The SMILES string of the molecule is CCCC1(Cn2ccc3c2CCCC3=O)CC1. The van der Waals surface area contributed by atoms with E-state index in [1.165, 1.54) is 31.4 Å². The van der Waals surface area contributed by atoms with Crippen molar-refractivity contribution in [2.45, 2.75) is 58.4 Å². The number of hydrogen-bond donors (Lipinski definition) is 0. The standard InChI is InChI=1S/C15H21NO/c1-2-7-15(8-9-15)11-16-10-6-12-13(16)4-3-5-14(12)17/h6,10H,2-5,7-9,11H2,1H3. The molecule has 1 aromatic rings. The van der Waals surface area contributed by atoms with Crippen LogP contribution >= 0.6 is 0 Å². The van der Waals surface area contributed by atoms with Crippen molar-refractivity contribution in [3.05, 3.63) is 23.5 Å². The van der Waals surface area contributed by atoms with E-state index < -0.39 is 0 Å². The van der Waals surface area contributed by atoms with E-state index in [1.807, 2.05) is 6.07 Å². The van der Waals surface area contributed by atoms with Gasteiger partial charge in [0, 0.05) is 30.4 Å². The fraction of sp³-hybridized carbons (Fsp3) is 0.667. The molecule has 17 heavy (non-hydrogen) atoms. The quantitative estimate of drug-likeness (QED) is 0.776. The number of rotatable bonds is 4. The molecule has 0 bridgehead atoms. The Morgan fingerprint density at radius 2 is 2.18 bits per heavy atom. The van der Waals surface area contributed by atoms with Gasteiger partial charge in [0.2, 0.25) is 0 Å². The van der Waals surface area contributed by atoms with Gasteiger partial charge >= 0.3 is 0 Å². The highest BCUT2D eigenvalue weighted by Gasteiger charge is 2.42. The molecule has 0 atom stereocenters. The predicted octanol–water partition coefficient (Wildman–Crippen LogP) is 3.59. The lowest BCUT2D eigenvalue weighted by atomic mass is 9.96. The molecule has 0 saturated heterocycles. The van der Waals surface area contributed by atoms with Crippen LogP contribution < -0.4 is 0 Å². The Bertz CT molecular complexity index is 440. The fourth-order valence-corrected chi connectivity index (χ4v) is 3.29. The van der Waals surface area contributed by atoms with Crippen molar-refractivity contribution in [1.29, 1.82) is 0 Å². The van der Waals surface area contributed by atoms with E-state index in [-0.39, 0.29) is 0 Å². The molecule has 2 aliphatic rings. The Hall–Kier alpha value is -1.05. The number of fused-ring (bicyclic) bond motifs is 1. The van der Waals surface area contributed by atoms with Gasteiger partial charge < -0.3 is 4.57 Å². The predicted molar refractivity (Wildman–Crippen MR) is 68.3 cm³/mol. The highest BCUT2D eigenvalue weighted by atomic mass is 16.1. The largest absolute Gasteiger partial charge is 0.350 e.